The standard InChI is InChI=1S/C23H28N2O4/c1-4-25(5-2)23(27)15-29-21-12-11-16(13-22(21)28-6-3)19-14-20(26)17-9-7-8-10-18(17)24-19/h7-13,19,24H,4-6,14-15H2,1-3H3. The molecule has 6 heteroatoms. The fourth-order valence-electron chi connectivity index (χ4n) is 3.52. The topological polar surface area (TPSA) is 67.9 Å². The summed E-state index contributed by atoms with van der Waals surface area (Å²) in [6.07, 6.45) is 0.378. The molecule has 0 spiro atoms. The van der Waals surface area contributed by atoms with Crippen molar-refractivity contribution in [1.82, 2.24) is 4.90 Å². The van der Waals surface area contributed by atoms with E-state index >= 15 is 0 Å². The highest BCUT2D eigenvalue weighted by Gasteiger charge is 2.26. The first kappa shape index (κ1) is 20.7. The minimum Gasteiger partial charge on any atom is -0.490 e. The van der Waals surface area contributed by atoms with Gasteiger partial charge in [0.05, 0.1) is 12.6 Å². The summed E-state index contributed by atoms with van der Waals surface area (Å²) in [5, 5.41) is 3.43. The Morgan fingerprint density at radius 2 is 1.83 bits per heavy atom. The number of fused-ring (bicyclic) bond motifs is 1. The molecular weight excluding hydrogens is 368 g/mol. The van der Waals surface area contributed by atoms with Crippen molar-refractivity contribution in [1.29, 1.82) is 0 Å². The average molecular weight is 396 g/mol. The van der Waals surface area contributed by atoms with Crippen molar-refractivity contribution in [2.24, 2.45) is 0 Å². The van der Waals surface area contributed by atoms with Gasteiger partial charge in [0.1, 0.15) is 0 Å². The smallest absolute Gasteiger partial charge is 0.260 e. The maximum atomic E-state index is 12.5. The number of likely N-dealkylation sites (N-methyl/N-ethyl adjacent to an activating group) is 1. The highest BCUT2D eigenvalue weighted by Crippen LogP contribution is 2.36. The van der Waals surface area contributed by atoms with E-state index in [1.807, 2.05) is 63.2 Å². The van der Waals surface area contributed by atoms with Crippen LogP contribution in [0.2, 0.25) is 0 Å². The molecule has 1 atom stereocenters. The Morgan fingerprint density at radius 3 is 2.55 bits per heavy atom. The quantitative estimate of drug-likeness (QED) is 0.728. The van der Waals surface area contributed by atoms with E-state index in [1.165, 1.54) is 0 Å². The molecule has 0 fully saturated rings. The number of Topliss-reactive ketones (excluding diaryl/α,β-unsaturated/α-hetero) is 1. The van der Waals surface area contributed by atoms with Crippen LogP contribution >= 0.6 is 0 Å². The number of carbonyl (C=O) groups excluding carboxylic acids is 2. The first-order valence-electron chi connectivity index (χ1n) is 10.1. The van der Waals surface area contributed by atoms with Crippen molar-refractivity contribution in [3.63, 3.8) is 0 Å². The van der Waals surface area contributed by atoms with Crippen molar-refractivity contribution >= 4 is 17.4 Å². The summed E-state index contributed by atoms with van der Waals surface area (Å²) < 4.78 is 11.5. The van der Waals surface area contributed by atoms with E-state index in [9.17, 15) is 9.59 Å². The van der Waals surface area contributed by atoms with E-state index in [-0.39, 0.29) is 24.3 Å². The van der Waals surface area contributed by atoms with Crippen LogP contribution in [0.1, 0.15) is 49.2 Å². The summed E-state index contributed by atoms with van der Waals surface area (Å²) in [5.74, 6) is 1.16. The fourth-order valence-corrected chi connectivity index (χ4v) is 3.52. The number of anilines is 1. The molecule has 29 heavy (non-hydrogen) atoms. The Hall–Kier alpha value is -3.02. The van der Waals surface area contributed by atoms with Crippen molar-refractivity contribution in [3.8, 4) is 11.5 Å². The van der Waals surface area contributed by atoms with Gasteiger partial charge in [0.2, 0.25) is 0 Å². The van der Waals surface area contributed by atoms with E-state index in [4.69, 9.17) is 9.47 Å². The maximum Gasteiger partial charge on any atom is 0.260 e. The van der Waals surface area contributed by atoms with Crippen molar-refractivity contribution < 1.29 is 19.1 Å². The molecule has 0 saturated heterocycles. The van der Waals surface area contributed by atoms with E-state index < -0.39 is 0 Å². The lowest BCUT2D eigenvalue weighted by Gasteiger charge is -2.27. The van der Waals surface area contributed by atoms with Gasteiger partial charge in [0, 0.05) is 30.8 Å². The number of hydrogen-bond acceptors (Lipinski definition) is 5. The number of benzene rings is 2. The summed E-state index contributed by atoms with van der Waals surface area (Å²) in [5.41, 5.74) is 2.51. The van der Waals surface area contributed by atoms with Gasteiger partial charge >= 0.3 is 0 Å². The molecule has 1 aliphatic rings. The molecular formula is C23H28N2O4. The third-order valence-corrected chi connectivity index (χ3v) is 5.08. The summed E-state index contributed by atoms with van der Waals surface area (Å²) in [6, 6.07) is 13.0. The molecule has 2 aromatic carbocycles. The molecule has 0 saturated carbocycles. The predicted molar refractivity (Wildman–Crippen MR) is 113 cm³/mol. The van der Waals surface area contributed by atoms with Gasteiger partial charge < -0.3 is 19.7 Å². The minimum absolute atomic E-state index is 0.0331. The molecule has 154 valence electrons. The van der Waals surface area contributed by atoms with Crippen molar-refractivity contribution in [2.45, 2.75) is 33.2 Å². The van der Waals surface area contributed by atoms with Crippen LogP contribution in [0.4, 0.5) is 5.69 Å². The Bertz CT molecular complexity index is 877. The number of rotatable bonds is 8. The van der Waals surface area contributed by atoms with Gasteiger partial charge in [-0.05, 0) is 50.6 Å². The second-order valence-corrected chi connectivity index (χ2v) is 6.86. The molecule has 3 rings (SSSR count). The maximum absolute atomic E-state index is 12.5. The molecule has 1 aliphatic heterocycles. The average Bonchev–Trinajstić information content (AvgIpc) is 2.74. The third-order valence-electron chi connectivity index (χ3n) is 5.08. The zero-order chi connectivity index (χ0) is 20.8. The molecule has 0 aromatic heterocycles. The van der Waals surface area contributed by atoms with Crippen LogP contribution in [0.15, 0.2) is 42.5 Å². The lowest BCUT2D eigenvalue weighted by Crippen LogP contribution is -2.34. The number of nitrogens with zero attached hydrogens (tertiary/aromatic N) is 1. The number of nitrogens with one attached hydrogen (secondary N) is 1. The van der Waals surface area contributed by atoms with Gasteiger partial charge in [-0.2, -0.15) is 0 Å². The number of hydrogen-bond donors (Lipinski definition) is 1. The number of para-hydroxylation sites is 1. The molecule has 1 amide bonds. The lowest BCUT2D eigenvalue weighted by molar-refractivity contribution is -0.133. The zero-order valence-electron chi connectivity index (χ0n) is 17.2. The van der Waals surface area contributed by atoms with E-state index in [1.54, 1.807) is 4.90 Å². The van der Waals surface area contributed by atoms with Gasteiger partial charge in [-0.1, -0.05) is 18.2 Å². The van der Waals surface area contributed by atoms with Crippen LogP contribution in [0.5, 0.6) is 11.5 Å². The molecule has 1 N–H and O–H groups in total. The fraction of sp³-hybridized carbons (Fsp3) is 0.391. The second kappa shape index (κ2) is 9.45. The first-order valence-corrected chi connectivity index (χ1v) is 10.1. The van der Waals surface area contributed by atoms with Crippen molar-refractivity contribution in [3.05, 3.63) is 53.6 Å². The number of carbonyl (C=O) groups is 2. The largest absolute Gasteiger partial charge is 0.490 e. The minimum atomic E-state index is -0.136. The third kappa shape index (κ3) is 4.70. The van der Waals surface area contributed by atoms with E-state index in [2.05, 4.69) is 5.32 Å². The van der Waals surface area contributed by atoms with Crippen LogP contribution in [-0.4, -0.2) is 42.9 Å². The van der Waals surface area contributed by atoms with Crippen molar-refractivity contribution in [2.75, 3.05) is 31.6 Å². The van der Waals surface area contributed by atoms with Crippen LogP contribution in [-0.2, 0) is 4.79 Å². The van der Waals surface area contributed by atoms with Gasteiger partial charge in [-0.25, -0.2) is 0 Å². The monoisotopic (exact) mass is 396 g/mol. The number of ketones is 1. The molecule has 1 heterocycles. The predicted octanol–water partition coefficient (Wildman–Crippen LogP) is 4.07. The normalized spacial score (nSPS) is 15.3. The Labute approximate surface area is 171 Å². The Balaban J connectivity index is 1.78. The van der Waals surface area contributed by atoms with Crippen LogP contribution < -0.4 is 14.8 Å². The molecule has 0 radical (unpaired) electrons. The van der Waals surface area contributed by atoms with Gasteiger partial charge in [0.25, 0.3) is 5.91 Å². The number of ether oxygens (including phenoxy) is 2. The Kier molecular flexibility index (Phi) is 6.75. The Morgan fingerprint density at radius 1 is 1.07 bits per heavy atom. The van der Waals surface area contributed by atoms with E-state index in [0.29, 0.717) is 37.6 Å². The van der Waals surface area contributed by atoms with E-state index in [0.717, 1.165) is 16.8 Å². The zero-order valence-corrected chi connectivity index (χ0v) is 17.2. The highest BCUT2D eigenvalue weighted by molar-refractivity contribution is 6.03. The molecule has 6 nitrogen and oxygen atoms in total. The van der Waals surface area contributed by atoms with Gasteiger partial charge in [-0.15, -0.1) is 0 Å². The summed E-state index contributed by atoms with van der Waals surface area (Å²) in [4.78, 5) is 26.5. The van der Waals surface area contributed by atoms with Crippen LogP contribution in [0.3, 0.4) is 0 Å². The molecule has 0 bridgehead atoms. The molecule has 2 aromatic rings. The number of amides is 1. The summed E-state index contributed by atoms with van der Waals surface area (Å²) in [6.45, 7) is 7.53. The second-order valence-electron chi connectivity index (χ2n) is 6.86. The van der Waals surface area contributed by atoms with Crippen LogP contribution in [0, 0.1) is 0 Å². The summed E-state index contributed by atoms with van der Waals surface area (Å²) in [7, 11) is 0. The van der Waals surface area contributed by atoms with Crippen LogP contribution in [0.25, 0.3) is 0 Å². The summed E-state index contributed by atoms with van der Waals surface area (Å²) >= 11 is 0. The molecule has 1 unspecified atom stereocenters. The highest BCUT2D eigenvalue weighted by atomic mass is 16.5. The van der Waals surface area contributed by atoms with Gasteiger partial charge in [0.15, 0.2) is 23.9 Å². The lowest BCUT2D eigenvalue weighted by atomic mass is 9.92. The van der Waals surface area contributed by atoms with Gasteiger partial charge in [-0.3, -0.25) is 9.59 Å². The molecule has 0 aliphatic carbocycles. The first-order chi connectivity index (χ1) is 14.1. The SMILES string of the molecule is CCOc1cc(C2CC(=O)c3ccccc3N2)ccc1OCC(=O)N(CC)CC.